The van der Waals surface area contributed by atoms with Crippen LogP contribution in [-0.4, -0.2) is 11.9 Å². The smallest absolute Gasteiger partial charge is 0.224 e. The van der Waals surface area contributed by atoms with Crippen LogP contribution in [0, 0.1) is 0 Å². The van der Waals surface area contributed by atoms with E-state index < -0.39 is 0 Å². The van der Waals surface area contributed by atoms with Crippen LogP contribution in [0.25, 0.3) is 0 Å². The minimum absolute atomic E-state index is 0.0250. The molecular formula is C18H19NO. The molecule has 0 saturated heterocycles. The van der Waals surface area contributed by atoms with Crippen LogP contribution in [0.5, 0.6) is 0 Å². The zero-order chi connectivity index (χ0) is 14.2. The Morgan fingerprint density at radius 2 is 1.55 bits per heavy atom. The lowest BCUT2D eigenvalue weighted by molar-refractivity contribution is -0.120. The first-order valence-electron chi connectivity index (χ1n) is 6.77. The van der Waals surface area contributed by atoms with E-state index in [9.17, 15) is 4.79 Å². The molecule has 1 amide bonds. The zero-order valence-electron chi connectivity index (χ0n) is 11.5. The maximum absolute atomic E-state index is 12.0. The highest BCUT2D eigenvalue weighted by atomic mass is 16.1. The summed E-state index contributed by atoms with van der Waals surface area (Å²) in [6.07, 6.45) is 2.96. The fourth-order valence-electron chi connectivity index (χ4n) is 2.10. The summed E-state index contributed by atoms with van der Waals surface area (Å²) in [4.78, 5) is 12.0. The molecule has 2 heteroatoms. The third-order valence-electron chi connectivity index (χ3n) is 3.14. The number of carbonyl (C=O) groups excluding carboxylic acids is 1. The second-order valence-electron chi connectivity index (χ2n) is 4.76. The lowest BCUT2D eigenvalue weighted by atomic mass is 10.1. The molecule has 0 aliphatic heterocycles. The van der Waals surface area contributed by atoms with Gasteiger partial charge in [0.15, 0.2) is 0 Å². The quantitative estimate of drug-likeness (QED) is 0.799. The minimum Gasteiger partial charge on any atom is -0.349 e. The number of benzene rings is 2. The minimum atomic E-state index is -0.0337. The van der Waals surface area contributed by atoms with Gasteiger partial charge in [-0.25, -0.2) is 0 Å². The standard InChI is InChI=1S/C18H19NO/c1-2-17(13-15-9-5-3-6-10-15)19-18(20)14-16-11-7-4-8-12-16/h2-12,17H,1,13-14H2,(H,19,20). The molecule has 0 fully saturated rings. The third kappa shape index (κ3) is 4.39. The molecule has 0 aromatic heterocycles. The number of nitrogens with one attached hydrogen (secondary N) is 1. The Morgan fingerprint density at radius 1 is 1.00 bits per heavy atom. The van der Waals surface area contributed by atoms with Crippen molar-refractivity contribution >= 4 is 5.91 Å². The first kappa shape index (κ1) is 14.1. The van der Waals surface area contributed by atoms with Crippen molar-refractivity contribution in [2.75, 3.05) is 0 Å². The van der Waals surface area contributed by atoms with E-state index >= 15 is 0 Å². The van der Waals surface area contributed by atoms with Crippen LogP contribution in [0.15, 0.2) is 73.3 Å². The molecule has 2 aromatic carbocycles. The first-order chi connectivity index (χ1) is 9.78. The molecule has 0 aliphatic rings. The SMILES string of the molecule is C=CC(Cc1ccccc1)NC(=O)Cc1ccccc1. The monoisotopic (exact) mass is 265 g/mol. The van der Waals surface area contributed by atoms with Crippen molar-refractivity contribution in [2.45, 2.75) is 18.9 Å². The van der Waals surface area contributed by atoms with Gasteiger partial charge in [-0.05, 0) is 17.5 Å². The molecule has 0 saturated carbocycles. The van der Waals surface area contributed by atoms with Crippen molar-refractivity contribution < 1.29 is 4.79 Å². The van der Waals surface area contributed by atoms with Crippen LogP contribution in [0.2, 0.25) is 0 Å². The predicted octanol–water partition coefficient (Wildman–Crippen LogP) is 3.14. The van der Waals surface area contributed by atoms with Gasteiger partial charge in [-0.1, -0.05) is 66.7 Å². The average molecular weight is 265 g/mol. The van der Waals surface area contributed by atoms with Gasteiger partial charge in [-0.3, -0.25) is 4.79 Å². The van der Waals surface area contributed by atoms with Crippen molar-refractivity contribution in [1.29, 1.82) is 0 Å². The molecule has 20 heavy (non-hydrogen) atoms. The molecule has 1 unspecified atom stereocenters. The Balaban J connectivity index is 1.90. The normalized spacial score (nSPS) is 11.6. The molecule has 0 radical (unpaired) electrons. The summed E-state index contributed by atoms with van der Waals surface area (Å²) in [7, 11) is 0. The van der Waals surface area contributed by atoms with Crippen molar-refractivity contribution in [2.24, 2.45) is 0 Å². The lowest BCUT2D eigenvalue weighted by Crippen LogP contribution is -2.35. The summed E-state index contributed by atoms with van der Waals surface area (Å²) >= 11 is 0. The Bertz CT molecular complexity index is 548. The Kier molecular flexibility index (Phi) is 5.13. The molecule has 2 nitrogen and oxygen atoms in total. The number of amides is 1. The summed E-state index contributed by atoms with van der Waals surface area (Å²) in [6, 6.07) is 19.8. The van der Waals surface area contributed by atoms with E-state index in [0.29, 0.717) is 6.42 Å². The highest BCUT2D eigenvalue weighted by Gasteiger charge is 2.10. The topological polar surface area (TPSA) is 29.1 Å². The van der Waals surface area contributed by atoms with Gasteiger partial charge in [-0.2, -0.15) is 0 Å². The average Bonchev–Trinajstić information content (AvgIpc) is 2.48. The molecule has 0 heterocycles. The largest absolute Gasteiger partial charge is 0.349 e. The lowest BCUT2D eigenvalue weighted by Gasteiger charge is -2.15. The van der Waals surface area contributed by atoms with Crippen LogP contribution in [0.3, 0.4) is 0 Å². The molecule has 0 spiro atoms. The van der Waals surface area contributed by atoms with E-state index in [-0.39, 0.29) is 11.9 Å². The van der Waals surface area contributed by atoms with E-state index in [1.54, 1.807) is 6.08 Å². The van der Waals surface area contributed by atoms with E-state index in [1.165, 1.54) is 5.56 Å². The summed E-state index contributed by atoms with van der Waals surface area (Å²) in [5, 5.41) is 3.01. The molecule has 2 aromatic rings. The van der Waals surface area contributed by atoms with E-state index in [2.05, 4.69) is 24.0 Å². The molecule has 0 bridgehead atoms. The Labute approximate surface area is 120 Å². The van der Waals surface area contributed by atoms with Crippen molar-refractivity contribution in [1.82, 2.24) is 5.32 Å². The molecular weight excluding hydrogens is 246 g/mol. The summed E-state index contributed by atoms with van der Waals surface area (Å²) in [5.74, 6) is 0.0250. The van der Waals surface area contributed by atoms with Crippen LogP contribution in [0.1, 0.15) is 11.1 Å². The highest BCUT2D eigenvalue weighted by Crippen LogP contribution is 2.05. The van der Waals surface area contributed by atoms with Crippen molar-refractivity contribution in [3.63, 3.8) is 0 Å². The first-order valence-corrected chi connectivity index (χ1v) is 6.77. The second kappa shape index (κ2) is 7.29. The van der Waals surface area contributed by atoms with E-state index in [4.69, 9.17) is 0 Å². The van der Waals surface area contributed by atoms with Crippen LogP contribution < -0.4 is 5.32 Å². The fourth-order valence-corrected chi connectivity index (χ4v) is 2.10. The Morgan fingerprint density at radius 3 is 2.10 bits per heavy atom. The fraction of sp³-hybridized carbons (Fsp3) is 0.167. The van der Waals surface area contributed by atoms with Gasteiger partial charge in [0.1, 0.15) is 0 Å². The third-order valence-corrected chi connectivity index (χ3v) is 3.14. The summed E-state index contributed by atoms with van der Waals surface area (Å²) < 4.78 is 0. The molecule has 102 valence electrons. The van der Waals surface area contributed by atoms with Gasteiger partial charge in [0.2, 0.25) is 5.91 Å². The maximum atomic E-state index is 12.0. The van der Waals surface area contributed by atoms with Crippen molar-refractivity contribution in [3.05, 3.63) is 84.4 Å². The van der Waals surface area contributed by atoms with E-state index in [0.717, 1.165) is 12.0 Å². The molecule has 2 rings (SSSR count). The summed E-state index contributed by atoms with van der Waals surface area (Å²) in [5.41, 5.74) is 2.21. The summed E-state index contributed by atoms with van der Waals surface area (Å²) in [6.45, 7) is 3.80. The zero-order valence-corrected chi connectivity index (χ0v) is 11.5. The molecule has 1 atom stereocenters. The van der Waals surface area contributed by atoms with Crippen molar-refractivity contribution in [3.8, 4) is 0 Å². The second-order valence-corrected chi connectivity index (χ2v) is 4.76. The maximum Gasteiger partial charge on any atom is 0.224 e. The van der Waals surface area contributed by atoms with Gasteiger partial charge in [-0.15, -0.1) is 6.58 Å². The number of hydrogen-bond acceptors (Lipinski definition) is 1. The highest BCUT2D eigenvalue weighted by molar-refractivity contribution is 5.79. The van der Waals surface area contributed by atoms with Gasteiger partial charge in [0, 0.05) is 0 Å². The van der Waals surface area contributed by atoms with Gasteiger partial charge < -0.3 is 5.32 Å². The molecule has 1 N–H and O–H groups in total. The number of rotatable bonds is 6. The number of carbonyl (C=O) groups is 1. The van der Waals surface area contributed by atoms with Crippen LogP contribution in [0.4, 0.5) is 0 Å². The Hall–Kier alpha value is -2.35. The predicted molar refractivity (Wildman–Crippen MR) is 82.4 cm³/mol. The molecule has 0 aliphatic carbocycles. The van der Waals surface area contributed by atoms with Crippen LogP contribution >= 0.6 is 0 Å². The van der Waals surface area contributed by atoms with Crippen LogP contribution in [-0.2, 0) is 17.6 Å². The van der Waals surface area contributed by atoms with Gasteiger partial charge >= 0.3 is 0 Å². The number of hydrogen-bond donors (Lipinski definition) is 1. The van der Waals surface area contributed by atoms with E-state index in [1.807, 2.05) is 48.5 Å². The van der Waals surface area contributed by atoms with Gasteiger partial charge in [0.25, 0.3) is 0 Å². The van der Waals surface area contributed by atoms with Gasteiger partial charge in [0.05, 0.1) is 12.5 Å².